The normalized spacial score (nSPS) is 15.1. The first kappa shape index (κ1) is 11.6. The summed E-state index contributed by atoms with van der Waals surface area (Å²) >= 11 is 8.82. The SMILES string of the molecule is O=S(=O)(Cl)C(Cl)(Cl)C(F)(F)F. The van der Waals surface area contributed by atoms with Crippen LogP contribution in [0, 0.1) is 0 Å². The summed E-state index contributed by atoms with van der Waals surface area (Å²) in [6, 6.07) is 0. The van der Waals surface area contributed by atoms with Crippen LogP contribution in [-0.2, 0) is 9.05 Å². The molecule has 0 bridgehead atoms. The predicted octanol–water partition coefficient (Wildman–Crippen LogP) is 2.25. The van der Waals surface area contributed by atoms with Crippen LogP contribution in [0.3, 0.4) is 0 Å². The van der Waals surface area contributed by atoms with E-state index in [2.05, 4.69) is 33.9 Å². The highest BCUT2D eigenvalue weighted by atomic mass is 35.7. The second-order valence-electron chi connectivity index (χ2n) is 1.45. The van der Waals surface area contributed by atoms with E-state index in [9.17, 15) is 21.6 Å². The topological polar surface area (TPSA) is 34.1 Å². The summed E-state index contributed by atoms with van der Waals surface area (Å²) in [5.74, 6) is 0. The van der Waals surface area contributed by atoms with E-state index in [0.29, 0.717) is 0 Å². The van der Waals surface area contributed by atoms with Gasteiger partial charge in [0.05, 0.1) is 0 Å². The zero-order valence-corrected chi connectivity index (χ0v) is 7.58. The van der Waals surface area contributed by atoms with Gasteiger partial charge in [0.2, 0.25) is 0 Å². The van der Waals surface area contributed by atoms with E-state index in [1.807, 2.05) is 0 Å². The Kier molecular flexibility index (Phi) is 2.99. The van der Waals surface area contributed by atoms with Crippen molar-refractivity contribution < 1.29 is 21.6 Å². The van der Waals surface area contributed by atoms with Gasteiger partial charge in [0.15, 0.2) is 0 Å². The van der Waals surface area contributed by atoms with Crippen molar-refractivity contribution in [1.82, 2.24) is 0 Å². The molecule has 0 radical (unpaired) electrons. The van der Waals surface area contributed by atoms with Gasteiger partial charge in [-0.25, -0.2) is 8.42 Å². The van der Waals surface area contributed by atoms with Crippen LogP contribution in [0.15, 0.2) is 0 Å². The molecular formula is C2Cl3F3O2S. The number of alkyl halides is 5. The maximum absolute atomic E-state index is 11.6. The van der Waals surface area contributed by atoms with Crippen LogP contribution < -0.4 is 0 Å². The smallest absolute Gasteiger partial charge is 0.209 e. The lowest BCUT2D eigenvalue weighted by Gasteiger charge is -2.18. The van der Waals surface area contributed by atoms with Gasteiger partial charge < -0.3 is 0 Å². The highest BCUT2D eigenvalue weighted by Gasteiger charge is 2.62. The quantitative estimate of drug-likeness (QED) is 0.529. The minimum atomic E-state index is -5.31. The van der Waals surface area contributed by atoms with Crippen molar-refractivity contribution in [3.63, 3.8) is 0 Å². The van der Waals surface area contributed by atoms with E-state index in [4.69, 9.17) is 0 Å². The number of halogens is 6. The molecule has 0 aromatic heterocycles. The molecule has 68 valence electrons. The molecule has 0 fully saturated rings. The van der Waals surface area contributed by atoms with Gasteiger partial charge in [0.25, 0.3) is 9.05 Å². The van der Waals surface area contributed by atoms with Crippen LogP contribution in [0.1, 0.15) is 0 Å². The summed E-state index contributed by atoms with van der Waals surface area (Å²) in [6.07, 6.45) is -5.31. The average Bonchev–Trinajstić information content (AvgIpc) is 1.58. The maximum atomic E-state index is 11.6. The van der Waals surface area contributed by atoms with E-state index in [1.165, 1.54) is 0 Å². The third-order valence-electron chi connectivity index (χ3n) is 0.636. The van der Waals surface area contributed by atoms with E-state index in [0.717, 1.165) is 0 Å². The van der Waals surface area contributed by atoms with Crippen molar-refractivity contribution in [3.05, 3.63) is 0 Å². The fourth-order valence-electron chi connectivity index (χ4n) is 0.138. The Morgan fingerprint density at radius 1 is 1.09 bits per heavy atom. The van der Waals surface area contributed by atoms with Gasteiger partial charge in [-0.3, -0.25) is 0 Å². The minimum Gasteiger partial charge on any atom is -0.209 e. The fraction of sp³-hybridized carbons (Fsp3) is 1.00. The van der Waals surface area contributed by atoms with Crippen LogP contribution in [0.5, 0.6) is 0 Å². The standard InChI is InChI=1S/C2Cl3F3O2S/c3-1(4,2(6,7)8)11(5,9)10. The second-order valence-corrected chi connectivity index (χ2v) is 5.93. The molecule has 0 N–H and O–H groups in total. The Balaban J connectivity index is 5.08. The Hall–Kier alpha value is 0.610. The second kappa shape index (κ2) is 2.83. The summed E-state index contributed by atoms with van der Waals surface area (Å²) in [7, 11) is -0.784. The van der Waals surface area contributed by atoms with Crippen molar-refractivity contribution >= 4 is 42.9 Å². The van der Waals surface area contributed by atoms with Crippen LogP contribution in [0.4, 0.5) is 13.2 Å². The van der Waals surface area contributed by atoms with E-state index in [1.54, 1.807) is 0 Å². The molecule has 0 saturated carbocycles. The molecule has 0 aliphatic rings. The van der Waals surface area contributed by atoms with Crippen molar-refractivity contribution in [2.75, 3.05) is 0 Å². The van der Waals surface area contributed by atoms with Crippen molar-refractivity contribution in [2.24, 2.45) is 0 Å². The molecule has 11 heavy (non-hydrogen) atoms. The van der Waals surface area contributed by atoms with Gasteiger partial charge in [0, 0.05) is 10.7 Å². The summed E-state index contributed by atoms with van der Waals surface area (Å²) in [5.41, 5.74) is 0. The van der Waals surface area contributed by atoms with Crippen LogP contribution in [0.25, 0.3) is 0 Å². The average molecular weight is 251 g/mol. The molecule has 0 unspecified atom stereocenters. The zero-order chi connectivity index (χ0) is 9.50. The van der Waals surface area contributed by atoms with Crippen LogP contribution >= 0.6 is 33.9 Å². The van der Waals surface area contributed by atoms with Gasteiger partial charge in [-0.15, -0.1) is 0 Å². The van der Waals surface area contributed by atoms with Crippen molar-refractivity contribution in [3.8, 4) is 0 Å². The van der Waals surface area contributed by atoms with Gasteiger partial charge in [-0.1, -0.05) is 23.2 Å². The highest BCUT2D eigenvalue weighted by Crippen LogP contribution is 2.45. The Bertz CT molecular complexity index is 242. The van der Waals surface area contributed by atoms with E-state index in [-0.39, 0.29) is 0 Å². The highest BCUT2D eigenvalue weighted by molar-refractivity contribution is 8.16. The number of hydrogen-bond acceptors (Lipinski definition) is 2. The molecule has 0 amide bonds. The molecule has 0 atom stereocenters. The Morgan fingerprint density at radius 2 is 1.36 bits per heavy atom. The first-order valence-corrected chi connectivity index (χ1v) is 4.95. The number of hydrogen-bond donors (Lipinski definition) is 0. The molecule has 0 aliphatic heterocycles. The van der Waals surface area contributed by atoms with Crippen LogP contribution in [0.2, 0.25) is 0 Å². The first-order valence-electron chi connectivity index (χ1n) is 1.89. The molecular weight excluding hydrogens is 251 g/mol. The lowest BCUT2D eigenvalue weighted by Crippen LogP contribution is -2.39. The lowest BCUT2D eigenvalue weighted by atomic mass is 10.8. The monoisotopic (exact) mass is 250 g/mol. The molecule has 9 heteroatoms. The third kappa shape index (κ3) is 2.27. The zero-order valence-electron chi connectivity index (χ0n) is 4.49. The predicted molar refractivity (Wildman–Crippen MR) is 35.3 cm³/mol. The largest absolute Gasteiger partial charge is 0.437 e. The third-order valence-corrected chi connectivity index (χ3v) is 4.30. The Morgan fingerprint density at radius 3 is 1.36 bits per heavy atom. The molecule has 0 heterocycles. The molecule has 2 nitrogen and oxygen atoms in total. The first-order chi connectivity index (χ1) is 4.50. The van der Waals surface area contributed by atoms with E-state index >= 15 is 0 Å². The molecule has 0 spiro atoms. The summed E-state index contributed by atoms with van der Waals surface area (Å²) < 4.78 is 51.0. The van der Waals surface area contributed by atoms with Crippen molar-refractivity contribution in [1.29, 1.82) is 0 Å². The summed E-state index contributed by atoms with van der Waals surface area (Å²) in [5, 5.41) is 0. The van der Waals surface area contributed by atoms with Gasteiger partial charge in [-0.2, -0.15) is 13.2 Å². The van der Waals surface area contributed by atoms with E-state index < -0.39 is 18.9 Å². The van der Waals surface area contributed by atoms with Crippen LogP contribution in [-0.4, -0.2) is 18.3 Å². The minimum absolute atomic E-state index is 3.94. The maximum Gasteiger partial charge on any atom is 0.437 e. The van der Waals surface area contributed by atoms with Gasteiger partial charge >= 0.3 is 9.84 Å². The fourth-order valence-corrected chi connectivity index (χ4v) is 0.677. The molecule has 0 aromatic carbocycles. The van der Waals surface area contributed by atoms with Crippen molar-refractivity contribution in [2.45, 2.75) is 9.84 Å². The summed E-state index contributed by atoms with van der Waals surface area (Å²) in [4.78, 5) is 0. The Labute approximate surface area is 74.6 Å². The summed E-state index contributed by atoms with van der Waals surface area (Å²) in [6.45, 7) is 0. The number of rotatable bonds is 1. The lowest BCUT2D eigenvalue weighted by molar-refractivity contribution is -0.123. The molecule has 0 saturated heterocycles. The van der Waals surface area contributed by atoms with Gasteiger partial charge in [-0.05, 0) is 0 Å². The molecule has 0 aromatic rings. The molecule has 0 aliphatic carbocycles. The molecule has 0 rings (SSSR count). The van der Waals surface area contributed by atoms with Gasteiger partial charge in [0.1, 0.15) is 0 Å².